The Hall–Kier alpha value is -1.55. The zero-order chi connectivity index (χ0) is 15.0. The van der Waals surface area contributed by atoms with E-state index in [0.29, 0.717) is 5.02 Å². The lowest BCUT2D eigenvalue weighted by molar-refractivity contribution is -0.134. The number of benzene rings is 1. The maximum absolute atomic E-state index is 12.8. The van der Waals surface area contributed by atoms with Crippen molar-refractivity contribution in [2.45, 2.75) is 44.7 Å². The van der Waals surface area contributed by atoms with Gasteiger partial charge < -0.3 is 5.32 Å². The highest BCUT2D eigenvalue weighted by Gasteiger charge is 2.54. The summed E-state index contributed by atoms with van der Waals surface area (Å²) >= 11 is 6.13. The van der Waals surface area contributed by atoms with Crippen LogP contribution in [0.5, 0.6) is 0 Å². The lowest BCUT2D eigenvalue weighted by Gasteiger charge is -2.36. The Morgan fingerprint density at radius 3 is 2.81 bits per heavy atom. The van der Waals surface area contributed by atoms with Crippen LogP contribution in [-0.4, -0.2) is 22.4 Å². The number of hydrogen-bond acceptors (Lipinski definition) is 2. The fourth-order valence-corrected chi connectivity index (χ4v) is 3.63. The van der Waals surface area contributed by atoms with Crippen molar-refractivity contribution < 1.29 is 9.59 Å². The van der Waals surface area contributed by atoms with Crippen molar-refractivity contribution in [3.63, 3.8) is 0 Å². The van der Waals surface area contributed by atoms with Gasteiger partial charge in [0.15, 0.2) is 0 Å². The molecule has 1 aromatic rings. The van der Waals surface area contributed by atoms with Crippen LogP contribution in [0.3, 0.4) is 0 Å². The van der Waals surface area contributed by atoms with Crippen molar-refractivity contribution in [1.82, 2.24) is 10.2 Å². The predicted octanol–water partition coefficient (Wildman–Crippen LogP) is 3.34. The highest BCUT2D eigenvalue weighted by atomic mass is 35.5. The molecule has 1 heterocycles. The largest absolute Gasteiger partial charge is 0.325 e. The number of nitrogens with zero attached hydrogens (tertiary/aromatic N) is 1. The van der Waals surface area contributed by atoms with Crippen molar-refractivity contribution in [2.24, 2.45) is 5.92 Å². The second-order valence-corrected chi connectivity index (χ2v) is 6.44. The number of hydrogen-bond donors (Lipinski definition) is 1. The second-order valence-electron chi connectivity index (χ2n) is 6.03. The van der Waals surface area contributed by atoms with Gasteiger partial charge in [-0.05, 0) is 30.4 Å². The van der Waals surface area contributed by atoms with Crippen LogP contribution in [0, 0.1) is 5.92 Å². The monoisotopic (exact) mass is 306 g/mol. The van der Waals surface area contributed by atoms with Crippen LogP contribution in [-0.2, 0) is 11.3 Å². The Balaban J connectivity index is 1.86. The molecular formula is C16H19ClN2O2. The van der Waals surface area contributed by atoms with Crippen molar-refractivity contribution in [3.8, 4) is 0 Å². The minimum Gasteiger partial charge on any atom is -0.323 e. The van der Waals surface area contributed by atoms with Crippen molar-refractivity contribution in [3.05, 3.63) is 34.9 Å². The molecule has 112 valence electrons. The first-order valence-corrected chi connectivity index (χ1v) is 7.80. The number of halogens is 1. The van der Waals surface area contributed by atoms with Gasteiger partial charge in [0.2, 0.25) is 0 Å². The third kappa shape index (κ3) is 2.31. The summed E-state index contributed by atoms with van der Waals surface area (Å²) in [5, 5.41) is 3.53. The van der Waals surface area contributed by atoms with E-state index in [-0.39, 0.29) is 24.4 Å². The van der Waals surface area contributed by atoms with E-state index >= 15 is 0 Å². The topological polar surface area (TPSA) is 49.4 Å². The van der Waals surface area contributed by atoms with Gasteiger partial charge in [-0.15, -0.1) is 0 Å². The summed E-state index contributed by atoms with van der Waals surface area (Å²) in [5.74, 6) is 0.0820. The molecule has 1 N–H and O–H groups in total. The van der Waals surface area contributed by atoms with Crippen molar-refractivity contribution in [2.75, 3.05) is 0 Å². The number of imide groups is 1. The molecule has 0 unspecified atom stereocenters. The molecule has 3 rings (SSSR count). The van der Waals surface area contributed by atoms with Gasteiger partial charge in [0.1, 0.15) is 5.54 Å². The molecule has 21 heavy (non-hydrogen) atoms. The fraction of sp³-hybridized carbons (Fsp3) is 0.500. The molecule has 2 aliphatic rings. The van der Waals surface area contributed by atoms with Crippen molar-refractivity contribution in [1.29, 1.82) is 0 Å². The molecule has 2 fully saturated rings. The van der Waals surface area contributed by atoms with Gasteiger partial charge >= 0.3 is 6.03 Å². The summed E-state index contributed by atoms with van der Waals surface area (Å²) in [6, 6.07) is 7.02. The first-order valence-electron chi connectivity index (χ1n) is 7.42. The Morgan fingerprint density at radius 1 is 1.33 bits per heavy atom. The molecule has 1 saturated heterocycles. The lowest BCUT2D eigenvalue weighted by atomic mass is 9.73. The SMILES string of the molecule is C[C@@H]1CCCC[C@@]12NC(=O)N(Cc1ccccc1Cl)C2=O. The van der Waals surface area contributed by atoms with E-state index < -0.39 is 5.54 Å². The van der Waals surface area contributed by atoms with Crippen LogP contribution >= 0.6 is 11.6 Å². The third-order valence-corrected chi connectivity index (χ3v) is 5.16. The average Bonchev–Trinajstić information content (AvgIpc) is 2.70. The smallest absolute Gasteiger partial charge is 0.323 e. The van der Waals surface area contributed by atoms with Gasteiger partial charge in [-0.1, -0.05) is 49.6 Å². The van der Waals surface area contributed by atoms with Gasteiger partial charge in [0, 0.05) is 5.02 Å². The minimum absolute atomic E-state index is 0.0976. The summed E-state index contributed by atoms with van der Waals surface area (Å²) < 4.78 is 0. The number of carbonyl (C=O) groups is 2. The maximum Gasteiger partial charge on any atom is 0.325 e. The van der Waals surface area contributed by atoms with Gasteiger partial charge in [-0.3, -0.25) is 9.69 Å². The molecule has 0 aromatic heterocycles. The normalized spacial score (nSPS) is 29.0. The van der Waals surface area contributed by atoms with Crippen LogP contribution in [0.2, 0.25) is 5.02 Å². The van der Waals surface area contributed by atoms with Crippen LogP contribution in [0.25, 0.3) is 0 Å². The van der Waals surface area contributed by atoms with Crippen LogP contribution in [0.4, 0.5) is 4.79 Å². The third-order valence-electron chi connectivity index (χ3n) is 4.79. The first kappa shape index (κ1) is 14.4. The lowest BCUT2D eigenvalue weighted by Crippen LogP contribution is -2.53. The van der Waals surface area contributed by atoms with Crippen molar-refractivity contribution >= 4 is 23.5 Å². The number of urea groups is 1. The maximum atomic E-state index is 12.8. The van der Waals surface area contributed by atoms with E-state index in [9.17, 15) is 9.59 Å². The molecule has 2 atom stereocenters. The van der Waals surface area contributed by atoms with E-state index in [1.54, 1.807) is 6.07 Å². The summed E-state index contributed by atoms with van der Waals surface area (Å²) in [6.07, 6.45) is 3.82. The summed E-state index contributed by atoms with van der Waals surface area (Å²) in [5.41, 5.74) is 0.0968. The van der Waals surface area contributed by atoms with Gasteiger partial charge in [0.05, 0.1) is 6.54 Å². The van der Waals surface area contributed by atoms with E-state index in [0.717, 1.165) is 31.2 Å². The standard InChI is InChI=1S/C16H19ClN2O2/c1-11-6-4-5-9-16(11)14(20)19(15(21)18-16)10-12-7-2-3-8-13(12)17/h2-3,7-8,11H,4-6,9-10H2,1H3,(H,18,21)/t11-,16-/m1/s1. The highest BCUT2D eigenvalue weighted by Crippen LogP contribution is 2.38. The van der Waals surface area contributed by atoms with E-state index in [1.165, 1.54) is 4.90 Å². The molecule has 1 saturated carbocycles. The molecule has 5 heteroatoms. The molecule has 1 aromatic carbocycles. The molecule has 1 aliphatic carbocycles. The minimum atomic E-state index is -0.698. The van der Waals surface area contributed by atoms with Crippen LogP contribution in [0.15, 0.2) is 24.3 Å². The molecule has 4 nitrogen and oxygen atoms in total. The second kappa shape index (κ2) is 5.34. The van der Waals surface area contributed by atoms with Crippen LogP contribution in [0.1, 0.15) is 38.2 Å². The van der Waals surface area contributed by atoms with Gasteiger partial charge in [0.25, 0.3) is 5.91 Å². The first-order chi connectivity index (χ1) is 10.0. The number of nitrogens with one attached hydrogen (secondary N) is 1. The Kier molecular flexibility index (Phi) is 3.66. The number of amides is 3. The summed E-state index contributed by atoms with van der Waals surface area (Å²) in [4.78, 5) is 26.4. The molecule has 1 aliphatic heterocycles. The Bertz CT molecular complexity index is 589. The zero-order valence-electron chi connectivity index (χ0n) is 12.1. The van der Waals surface area contributed by atoms with Gasteiger partial charge in [-0.2, -0.15) is 0 Å². The van der Waals surface area contributed by atoms with E-state index in [1.807, 2.05) is 18.2 Å². The molecule has 3 amide bonds. The molecule has 0 bridgehead atoms. The number of carbonyl (C=O) groups excluding carboxylic acids is 2. The summed E-state index contributed by atoms with van der Waals surface area (Å²) in [6.45, 7) is 2.29. The Labute approximate surface area is 129 Å². The van der Waals surface area contributed by atoms with E-state index in [4.69, 9.17) is 11.6 Å². The number of rotatable bonds is 2. The van der Waals surface area contributed by atoms with E-state index in [2.05, 4.69) is 12.2 Å². The Morgan fingerprint density at radius 2 is 2.10 bits per heavy atom. The average molecular weight is 307 g/mol. The quantitative estimate of drug-likeness (QED) is 0.852. The predicted molar refractivity (Wildman–Crippen MR) is 80.9 cm³/mol. The molecular weight excluding hydrogens is 288 g/mol. The highest BCUT2D eigenvalue weighted by molar-refractivity contribution is 6.31. The van der Waals surface area contributed by atoms with Gasteiger partial charge in [-0.25, -0.2) is 4.79 Å². The summed E-state index contributed by atoms with van der Waals surface area (Å²) in [7, 11) is 0. The fourth-order valence-electron chi connectivity index (χ4n) is 3.44. The molecule has 1 spiro atoms. The molecule has 0 radical (unpaired) electrons. The van der Waals surface area contributed by atoms with Crippen LogP contribution < -0.4 is 5.32 Å². The zero-order valence-corrected chi connectivity index (χ0v) is 12.8.